The molecule has 11 heteroatoms. The molecule has 0 radical (unpaired) electrons. The molecule has 3 N–H and O–H groups in total. The highest BCUT2D eigenvalue weighted by Crippen LogP contribution is 2.28. The number of benzene rings is 1. The summed E-state index contributed by atoms with van der Waals surface area (Å²) in [7, 11) is -4.08. The zero-order valence-electron chi connectivity index (χ0n) is 10.1. The van der Waals surface area contributed by atoms with Gasteiger partial charge < -0.3 is 5.11 Å². The van der Waals surface area contributed by atoms with E-state index in [9.17, 15) is 23.6 Å². The van der Waals surface area contributed by atoms with Crippen LogP contribution in [0.1, 0.15) is 5.82 Å². The van der Waals surface area contributed by atoms with Gasteiger partial charge in [-0.1, -0.05) is 0 Å². The first-order valence-electron chi connectivity index (χ1n) is 5.19. The SMILES string of the molecule is Cc1nc(NS(=O)(=O)c2ccc(O)c([N+](=O)[O-])c2)n[nH]1. The molecule has 0 saturated carbocycles. The number of H-pyrrole nitrogens is 1. The van der Waals surface area contributed by atoms with E-state index in [1.54, 1.807) is 6.92 Å². The maximum atomic E-state index is 12.0. The van der Waals surface area contributed by atoms with E-state index in [1.165, 1.54) is 0 Å². The van der Waals surface area contributed by atoms with Crippen molar-refractivity contribution in [2.75, 3.05) is 4.72 Å². The maximum absolute atomic E-state index is 12.0. The highest BCUT2D eigenvalue weighted by Gasteiger charge is 2.22. The topological polar surface area (TPSA) is 151 Å². The minimum Gasteiger partial charge on any atom is -0.502 e. The number of nitro benzene ring substituents is 1. The van der Waals surface area contributed by atoms with Crippen LogP contribution in [-0.2, 0) is 10.0 Å². The Labute approximate surface area is 112 Å². The van der Waals surface area contributed by atoms with Gasteiger partial charge in [0.1, 0.15) is 5.82 Å². The van der Waals surface area contributed by atoms with E-state index in [-0.39, 0.29) is 10.8 Å². The molecule has 0 saturated heterocycles. The third-order valence-electron chi connectivity index (χ3n) is 2.28. The van der Waals surface area contributed by atoms with Gasteiger partial charge in [-0.25, -0.2) is 13.1 Å². The van der Waals surface area contributed by atoms with Gasteiger partial charge in [0.05, 0.1) is 9.82 Å². The number of aromatic nitrogens is 3. The van der Waals surface area contributed by atoms with E-state index in [0.29, 0.717) is 5.82 Å². The molecule has 1 heterocycles. The summed E-state index contributed by atoms with van der Waals surface area (Å²) < 4.78 is 26.0. The van der Waals surface area contributed by atoms with Gasteiger partial charge in [-0.2, -0.15) is 4.98 Å². The maximum Gasteiger partial charge on any atom is 0.312 e. The minimum atomic E-state index is -4.08. The van der Waals surface area contributed by atoms with E-state index in [1.807, 2.05) is 0 Å². The average Bonchev–Trinajstić information content (AvgIpc) is 2.73. The van der Waals surface area contributed by atoms with E-state index in [0.717, 1.165) is 18.2 Å². The molecule has 2 rings (SSSR count). The molecule has 0 aliphatic heterocycles. The third kappa shape index (κ3) is 2.66. The Morgan fingerprint density at radius 2 is 2.15 bits per heavy atom. The number of nitrogens with one attached hydrogen (secondary N) is 2. The van der Waals surface area contributed by atoms with Crippen LogP contribution in [0.15, 0.2) is 23.1 Å². The Morgan fingerprint density at radius 3 is 2.70 bits per heavy atom. The van der Waals surface area contributed by atoms with Crippen LogP contribution in [-0.4, -0.2) is 33.6 Å². The van der Waals surface area contributed by atoms with Crippen molar-refractivity contribution in [1.29, 1.82) is 0 Å². The molecular formula is C9H9N5O5S. The number of anilines is 1. The largest absolute Gasteiger partial charge is 0.502 e. The van der Waals surface area contributed by atoms with Gasteiger partial charge in [-0.15, -0.1) is 5.10 Å². The first kappa shape index (κ1) is 13.7. The summed E-state index contributed by atoms with van der Waals surface area (Å²) in [5.41, 5.74) is -0.709. The zero-order valence-corrected chi connectivity index (χ0v) is 10.9. The standard InChI is InChI=1S/C9H9N5O5S/c1-5-10-9(12-11-5)13-20(18,19)6-2-3-8(15)7(4-6)14(16)17/h2-4,15H,1H3,(H2,10,11,12,13). The van der Waals surface area contributed by atoms with Crippen LogP contribution in [0.4, 0.5) is 11.6 Å². The number of phenolic OH excluding ortho intramolecular Hbond substituents is 1. The van der Waals surface area contributed by atoms with Crippen molar-refractivity contribution in [2.45, 2.75) is 11.8 Å². The number of nitro groups is 1. The van der Waals surface area contributed by atoms with Gasteiger partial charge in [-0.05, 0) is 19.1 Å². The predicted molar refractivity (Wildman–Crippen MR) is 66.7 cm³/mol. The highest BCUT2D eigenvalue weighted by atomic mass is 32.2. The molecule has 0 atom stereocenters. The minimum absolute atomic E-state index is 0.182. The summed E-state index contributed by atoms with van der Waals surface area (Å²) >= 11 is 0. The fourth-order valence-electron chi connectivity index (χ4n) is 1.38. The summed E-state index contributed by atoms with van der Waals surface area (Å²) in [6, 6.07) is 2.71. The van der Waals surface area contributed by atoms with Gasteiger partial charge in [-0.3, -0.25) is 15.2 Å². The third-order valence-corrected chi connectivity index (χ3v) is 3.60. The summed E-state index contributed by atoms with van der Waals surface area (Å²) in [5.74, 6) is -0.402. The van der Waals surface area contributed by atoms with Gasteiger partial charge in [0.2, 0.25) is 0 Å². The zero-order chi connectivity index (χ0) is 14.9. The lowest BCUT2D eigenvalue weighted by Gasteiger charge is -2.04. The summed E-state index contributed by atoms with van der Waals surface area (Å²) in [5, 5.41) is 26.0. The van der Waals surface area contributed by atoms with Crippen LogP contribution in [0.25, 0.3) is 0 Å². The number of hydrogen-bond acceptors (Lipinski definition) is 7. The fraction of sp³-hybridized carbons (Fsp3) is 0.111. The lowest BCUT2D eigenvalue weighted by molar-refractivity contribution is -0.386. The molecule has 1 aromatic heterocycles. The normalized spacial score (nSPS) is 11.2. The Hall–Kier alpha value is -2.69. The smallest absolute Gasteiger partial charge is 0.312 e. The lowest BCUT2D eigenvalue weighted by atomic mass is 10.3. The molecule has 106 valence electrons. The first-order valence-corrected chi connectivity index (χ1v) is 6.67. The van der Waals surface area contributed by atoms with Crippen LogP contribution >= 0.6 is 0 Å². The molecular weight excluding hydrogens is 290 g/mol. The number of sulfonamides is 1. The van der Waals surface area contributed by atoms with Gasteiger partial charge in [0.15, 0.2) is 5.75 Å². The number of hydrogen-bond donors (Lipinski definition) is 3. The van der Waals surface area contributed by atoms with Crippen molar-refractivity contribution < 1.29 is 18.4 Å². The number of aromatic hydroxyl groups is 1. The Morgan fingerprint density at radius 1 is 1.45 bits per heavy atom. The monoisotopic (exact) mass is 299 g/mol. The molecule has 0 bridgehead atoms. The second-order valence-electron chi connectivity index (χ2n) is 3.76. The molecule has 0 amide bonds. The lowest BCUT2D eigenvalue weighted by Crippen LogP contribution is -2.14. The van der Waals surface area contributed by atoms with E-state index in [4.69, 9.17) is 0 Å². The number of aromatic amines is 1. The van der Waals surface area contributed by atoms with Gasteiger partial charge >= 0.3 is 5.69 Å². The number of phenols is 1. The Balaban J connectivity index is 2.39. The second-order valence-corrected chi connectivity index (χ2v) is 5.44. The molecule has 20 heavy (non-hydrogen) atoms. The van der Waals surface area contributed by atoms with Crippen LogP contribution < -0.4 is 4.72 Å². The Bertz CT molecular complexity index is 769. The van der Waals surface area contributed by atoms with Crippen molar-refractivity contribution in [3.8, 4) is 5.75 Å². The van der Waals surface area contributed by atoms with Crippen LogP contribution in [0.2, 0.25) is 0 Å². The fourth-order valence-corrected chi connectivity index (χ4v) is 2.35. The number of rotatable bonds is 4. The van der Waals surface area contributed by atoms with Crippen molar-refractivity contribution in [2.24, 2.45) is 0 Å². The quantitative estimate of drug-likeness (QED) is 0.550. The van der Waals surface area contributed by atoms with Gasteiger partial charge in [0, 0.05) is 6.07 Å². The molecule has 1 aromatic carbocycles. The molecule has 0 spiro atoms. The molecule has 2 aromatic rings. The first-order chi connectivity index (χ1) is 9.29. The summed E-state index contributed by atoms with van der Waals surface area (Å²) in [4.78, 5) is 13.2. The summed E-state index contributed by atoms with van der Waals surface area (Å²) in [6.07, 6.45) is 0. The molecule has 0 aliphatic carbocycles. The van der Waals surface area contributed by atoms with Crippen molar-refractivity contribution in [1.82, 2.24) is 15.2 Å². The molecule has 0 fully saturated rings. The molecule has 0 unspecified atom stereocenters. The Kier molecular flexibility index (Phi) is 3.28. The van der Waals surface area contributed by atoms with E-state index >= 15 is 0 Å². The average molecular weight is 299 g/mol. The molecule has 0 aliphatic rings. The van der Waals surface area contributed by atoms with E-state index < -0.39 is 26.4 Å². The number of nitrogens with zero attached hydrogens (tertiary/aromatic N) is 3. The highest BCUT2D eigenvalue weighted by molar-refractivity contribution is 7.92. The van der Waals surface area contributed by atoms with Crippen LogP contribution in [0.3, 0.4) is 0 Å². The van der Waals surface area contributed by atoms with Crippen molar-refractivity contribution in [3.63, 3.8) is 0 Å². The van der Waals surface area contributed by atoms with Crippen LogP contribution in [0, 0.1) is 17.0 Å². The molecule has 10 nitrogen and oxygen atoms in total. The predicted octanol–water partition coefficient (Wildman–Crippen LogP) is 0.528. The summed E-state index contributed by atoms with van der Waals surface area (Å²) in [6.45, 7) is 1.58. The number of aryl methyl sites for hydroxylation is 1. The van der Waals surface area contributed by atoms with Crippen molar-refractivity contribution >= 4 is 21.7 Å². The van der Waals surface area contributed by atoms with Gasteiger partial charge in [0.25, 0.3) is 16.0 Å². The van der Waals surface area contributed by atoms with E-state index in [2.05, 4.69) is 19.9 Å². The van der Waals surface area contributed by atoms with Crippen molar-refractivity contribution in [3.05, 3.63) is 34.1 Å². The second kappa shape index (κ2) is 4.77. The van der Waals surface area contributed by atoms with Crippen LogP contribution in [0.5, 0.6) is 5.75 Å².